The molecule has 0 saturated carbocycles. The Labute approximate surface area is 218 Å². The number of aromatic amines is 1. The molecule has 4 unspecified atom stereocenters. The highest BCUT2D eigenvalue weighted by Crippen LogP contribution is 2.48. The molecule has 0 bridgehead atoms. The summed E-state index contributed by atoms with van der Waals surface area (Å²) in [5.74, 6) is 0. The number of ether oxygens (including phenoxy) is 1. The number of aliphatic hydroxyl groups is 1. The average Bonchev–Trinajstić information content (AvgIpc) is 3.42. The van der Waals surface area contributed by atoms with Crippen molar-refractivity contribution in [3.63, 3.8) is 0 Å². The Hall–Kier alpha value is -1.88. The van der Waals surface area contributed by atoms with Gasteiger partial charge in [-0.05, 0) is 28.2 Å². The Morgan fingerprint density at radius 3 is 2.19 bits per heavy atom. The van der Waals surface area contributed by atoms with E-state index >= 15 is 0 Å². The normalized spacial score (nSPS) is 27.6. The van der Waals surface area contributed by atoms with E-state index in [1.165, 1.54) is 12.5 Å². The van der Waals surface area contributed by atoms with E-state index in [9.17, 15) is 14.7 Å². The fourth-order valence-electron chi connectivity index (χ4n) is 5.51. The lowest BCUT2D eigenvalue weighted by atomic mass is 10.1. The van der Waals surface area contributed by atoms with Crippen LogP contribution in [0.5, 0.6) is 0 Å². The zero-order valence-corrected chi connectivity index (χ0v) is 24.8. The smallest absolute Gasteiger partial charge is 0.347 e. The maximum absolute atomic E-state index is 12.8. The summed E-state index contributed by atoms with van der Waals surface area (Å²) in [7, 11) is -5.79. The summed E-state index contributed by atoms with van der Waals surface area (Å²) >= 11 is 0. The summed E-state index contributed by atoms with van der Waals surface area (Å²) in [5, 5.41) is 15.7. The van der Waals surface area contributed by atoms with Gasteiger partial charge in [-0.3, -0.25) is 9.78 Å². The van der Waals surface area contributed by atoms with Crippen LogP contribution < -0.4 is 11.2 Å². The van der Waals surface area contributed by atoms with Gasteiger partial charge in [-0.25, -0.2) is 4.79 Å². The van der Waals surface area contributed by atoms with Crippen LogP contribution in [-0.2, 0) is 17.7 Å². The molecule has 2 saturated heterocycles. The lowest BCUT2D eigenvalue weighted by Gasteiger charge is -2.51. The third-order valence-corrected chi connectivity index (χ3v) is 17.8. The van der Waals surface area contributed by atoms with Crippen molar-refractivity contribution >= 4 is 17.1 Å². The predicted octanol–water partition coefficient (Wildman–Crippen LogP) is 3.41. The molecule has 2 N–H and O–H groups in total. The van der Waals surface area contributed by atoms with Crippen LogP contribution in [0.2, 0.25) is 22.2 Å². The van der Waals surface area contributed by atoms with Crippen molar-refractivity contribution < 1.29 is 27.2 Å². The summed E-state index contributed by atoms with van der Waals surface area (Å²) in [6.45, 7) is 17.0. The molecule has 2 aromatic rings. The second-order valence-corrected chi connectivity index (χ2v) is 20.0. The molecule has 206 valence electrons. The SMILES string of the molecule is CC(C)[Si]1(C(C)C)OCC2OC(n3nc(-c4ccoc4)c(=O)[nH]c3=O)C(O)C2O[Si](C(C)C)(C(C)C)O1. The van der Waals surface area contributed by atoms with Crippen LogP contribution in [0.1, 0.15) is 61.6 Å². The molecule has 0 amide bonds. The zero-order chi connectivity index (χ0) is 27.3. The largest absolute Gasteiger partial charge is 0.472 e. The maximum Gasteiger partial charge on any atom is 0.347 e. The maximum atomic E-state index is 12.8. The summed E-state index contributed by atoms with van der Waals surface area (Å²) in [5.41, 5.74) is -0.647. The third kappa shape index (κ3) is 4.75. The summed E-state index contributed by atoms with van der Waals surface area (Å²) in [4.78, 5) is 27.5. The molecule has 2 fully saturated rings. The molecule has 37 heavy (non-hydrogen) atoms. The quantitative estimate of drug-likeness (QED) is 0.515. The van der Waals surface area contributed by atoms with Crippen molar-refractivity contribution in [2.45, 2.75) is 102 Å². The average molecular weight is 554 g/mol. The van der Waals surface area contributed by atoms with Crippen molar-refractivity contribution in [2.75, 3.05) is 6.61 Å². The van der Waals surface area contributed by atoms with Gasteiger partial charge in [0.2, 0.25) is 0 Å². The Balaban J connectivity index is 1.78. The highest BCUT2D eigenvalue weighted by atomic mass is 28.5. The minimum absolute atomic E-state index is 0.0203. The van der Waals surface area contributed by atoms with Crippen LogP contribution in [0.25, 0.3) is 11.3 Å². The number of hydrogen-bond acceptors (Lipinski definition) is 9. The number of aliphatic hydroxyl groups excluding tert-OH is 1. The first-order valence-electron chi connectivity index (χ1n) is 12.9. The zero-order valence-electron chi connectivity index (χ0n) is 22.8. The number of furan rings is 1. The molecule has 11 nitrogen and oxygen atoms in total. The molecule has 0 aliphatic carbocycles. The van der Waals surface area contributed by atoms with E-state index in [1.807, 2.05) is 0 Å². The molecule has 13 heteroatoms. The molecule has 2 aromatic heterocycles. The molecule has 2 aliphatic heterocycles. The van der Waals surface area contributed by atoms with Gasteiger partial charge in [-0.1, -0.05) is 55.4 Å². The first-order valence-corrected chi connectivity index (χ1v) is 16.9. The minimum atomic E-state index is -3.00. The van der Waals surface area contributed by atoms with Crippen LogP contribution in [0.3, 0.4) is 0 Å². The predicted molar refractivity (Wildman–Crippen MR) is 141 cm³/mol. The second-order valence-electron chi connectivity index (χ2n) is 11.2. The standard InChI is InChI=1S/C24H39N3O8Si2/c1-13(2)36(14(3)4)32-12-18-21(34-37(35-36,15(5)6)16(7)8)20(28)23(33-18)27-24(30)25-22(29)19(26-27)17-9-10-31-11-17/h9-11,13-16,18,20-21,23,28H,12H2,1-8H3,(H,25,29,30). The lowest BCUT2D eigenvalue weighted by Crippen LogP contribution is -2.65. The van der Waals surface area contributed by atoms with Crippen LogP contribution in [-0.4, -0.2) is 61.9 Å². The molecule has 0 spiro atoms. The number of nitrogens with zero attached hydrogens (tertiary/aromatic N) is 2. The molecule has 4 atom stereocenters. The fourth-order valence-corrected chi connectivity index (χ4v) is 16.7. The molecule has 0 radical (unpaired) electrons. The van der Waals surface area contributed by atoms with Gasteiger partial charge in [0.1, 0.15) is 18.3 Å². The van der Waals surface area contributed by atoms with Gasteiger partial charge in [-0.15, -0.1) is 0 Å². The second kappa shape index (κ2) is 10.4. The molecule has 0 aromatic carbocycles. The van der Waals surface area contributed by atoms with E-state index in [0.717, 1.165) is 4.68 Å². The molecular formula is C24H39N3O8Si2. The Morgan fingerprint density at radius 2 is 1.65 bits per heavy atom. The number of H-pyrrole nitrogens is 1. The van der Waals surface area contributed by atoms with Crippen LogP contribution in [0.4, 0.5) is 0 Å². The van der Waals surface area contributed by atoms with Gasteiger partial charge in [0.05, 0.1) is 19.1 Å². The van der Waals surface area contributed by atoms with Crippen molar-refractivity contribution in [1.82, 2.24) is 14.8 Å². The van der Waals surface area contributed by atoms with Crippen LogP contribution in [0, 0.1) is 0 Å². The number of aromatic nitrogens is 3. The van der Waals surface area contributed by atoms with Crippen molar-refractivity contribution in [3.8, 4) is 11.3 Å². The van der Waals surface area contributed by atoms with E-state index in [0.29, 0.717) is 5.56 Å². The number of fused-ring (bicyclic) bond motifs is 1. The molecule has 4 heterocycles. The van der Waals surface area contributed by atoms with Gasteiger partial charge < -0.3 is 27.2 Å². The van der Waals surface area contributed by atoms with Gasteiger partial charge in [-0.2, -0.15) is 9.78 Å². The summed E-state index contributed by atoms with van der Waals surface area (Å²) in [6.07, 6.45) is -1.13. The first-order chi connectivity index (χ1) is 17.3. The van der Waals surface area contributed by atoms with Crippen LogP contribution in [0.15, 0.2) is 32.6 Å². The highest BCUT2D eigenvalue weighted by molar-refractivity contribution is 6.83. The number of hydrogen-bond donors (Lipinski definition) is 2. The first kappa shape index (κ1) is 28.1. The highest BCUT2D eigenvalue weighted by Gasteiger charge is 2.61. The van der Waals surface area contributed by atoms with Crippen LogP contribution >= 0.6 is 0 Å². The van der Waals surface area contributed by atoms with Crippen molar-refractivity contribution in [2.24, 2.45) is 0 Å². The van der Waals surface area contributed by atoms with Gasteiger partial charge in [0.25, 0.3) is 5.56 Å². The van der Waals surface area contributed by atoms with Gasteiger partial charge >= 0.3 is 22.8 Å². The summed E-state index contributed by atoms with van der Waals surface area (Å²) < 4.78 is 33.0. The molecule has 4 rings (SSSR count). The van der Waals surface area contributed by atoms with Crippen molar-refractivity contribution in [1.29, 1.82) is 0 Å². The summed E-state index contributed by atoms with van der Waals surface area (Å²) in [6, 6.07) is 1.56. The third-order valence-electron chi connectivity index (χ3n) is 7.53. The Kier molecular flexibility index (Phi) is 7.88. The van der Waals surface area contributed by atoms with Gasteiger partial charge in [0.15, 0.2) is 11.9 Å². The van der Waals surface area contributed by atoms with E-state index in [4.69, 9.17) is 22.1 Å². The lowest BCUT2D eigenvalue weighted by molar-refractivity contribution is -0.0654. The Morgan fingerprint density at radius 1 is 1.03 bits per heavy atom. The number of nitrogens with one attached hydrogen (secondary N) is 1. The van der Waals surface area contributed by atoms with E-state index in [2.05, 4.69) is 65.5 Å². The van der Waals surface area contributed by atoms with Gasteiger partial charge in [0, 0.05) is 5.56 Å². The minimum Gasteiger partial charge on any atom is -0.472 e. The van der Waals surface area contributed by atoms with E-state index in [-0.39, 0.29) is 34.5 Å². The van der Waals surface area contributed by atoms with E-state index in [1.54, 1.807) is 6.07 Å². The molecular weight excluding hydrogens is 514 g/mol. The van der Waals surface area contributed by atoms with E-state index < -0.39 is 52.9 Å². The fraction of sp³-hybridized carbons (Fsp3) is 0.708. The topological polar surface area (TPSA) is 138 Å². The number of rotatable bonds is 6. The Bertz CT molecular complexity index is 1180. The van der Waals surface area contributed by atoms with Crippen molar-refractivity contribution in [3.05, 3.63) is 39.4 Å². The molecule has 2 aliphatic rings. The monoisotopic (exact) mass is 553 g/mol.